The minimum absolute atomic E-state index is 0.128. The molecule has 1 atom stereocenters. The minimum Gasteiger partial charge on any atom is -0.324 e. The summed E-state index contributed by atoms with van der Waals surface area (Å²) in [5.41, 5.74) is 11.7. The van der Waals surface area contributed by atoms with Gasteiger partial charge in [0.05, 0.1) is 0 Å². The second-order valence-corrected chi connectivity index (χ2v) is 2.89. The highest BCUT2D eigenvalue weighted by Gasteiger charge is 2.10. The van der Waals surface area contributed by atoms with Gasteiger partial charge in [-0.05, 0) is 17.7 Å². The molecule has 1 amide bonds. The fourth-order valence-electron chi connectivity index (χ4n) is 1.12. The SMILES string of the molecule is CNNC(=O)CC(N)c1ccncc1. The highest BCUT2D eigenvalue weighted by Crippen LogP contribution is 2.11. The van der Waals surface area contributed by atoms with Gasteiger partial charge in [0.1, 0.15) is 0 Å². The van der Waals surface area contributed by atoms with Crippen molar-refractivity contribution in [2.45, 2.75) is 12.5 Å². The summed E-state index contributed by atoms with van der Waals surface area (Å²) >= 11 is 0. The van der Waals surface area contributed by atoms with Crippen LogP contribution in [-0.2, 0) is 4.79 Å². The Morgan fingerprint density at radius 2 is 2.21 bits per heavy atom. The maximum atomic E-state index is 11.2. The van der Waals surface area contributed by atoms with E-state index >= 15 is 0 Å². The van der Waals surface area contributed by atoms with Crippen molar-refractivity contribution in [1.29, 1.82) is 0 Å². The van der Waals surface area contributed by atoms with Crippen molar-refractivity contribution in [2.75, 3.05) is 7.05 Å². The molecule has 1 aromatic rings. The van der Waals surface area contributed by atoms with Crippen LogP contribution < -0.4 is 16.6 Å². The Morgan fingerprint density at radius 3 is 2.79 bits per heavy atom. The Bertz CT molecular complexity index is 288. The lowest BCUT2D eigenvalue weighted by atomic mass is 10.1. The number of rotatable bonds is 4. The van der Waals surface area contributed by atoms with Crippen LogP contribution in [0.25, 0.3) is 0 Å². The van der Waals surface area contributed by atoms with Crippen LogP contribution in [0.4, 0.5) is 0 Å². The standard InChI is InChI=1S/C9H14N4O/c1-11-13-9(14)6-8(10)7-2-4-12-5-3-7/h2-5,8,11H,6,10H2,1H3,(H,13,14). The average Bonchev–Trinajstić information content (AvgIpc) is 2.19. The lowest BCUT2D eigenvalue weighted by Crippen LogP contribution is -2.36. The summed E-state index contributed by atoms with van der Waals surface area (Å²) in [5, 5.41) is 0. The van der Waals surface area contributed by atoms with Gasteiger partial charge in [-0.2, -0.15) is 0 Å². The molecule has 0 spiro atoms. The van der Waals surface area contributed by atoms with Crippen LogP contribution in [0.15, 0.2) is 24.5 Å². The van der Waals surface area contributed by atoms with Gasteiger partial charge in [-0.3, -0.25) is 15.2 Å². The maximum absolute atomic E-state index is 11.2. The number of hydrazine groups is 1. The molecule has 0 radical (unpaired) electrons. The van der Waals surface area contributed by atoms with Crippen molar-refractivity contribution in [3.8, 4) is 0 Å². The van der Waals surface area contributed by atoms with E-state index in [0.717, 1.165) is 5.56 Å². The van der Waals surface area contributed by atoms with Gasteiger partial charge >= 0.3 is 0 Å². The molecule has 0 bridgehead atoms. The molecular formula is C9H14N4O. The molecule has 5 nitrogen and oxygen atoms in total. The van der Waals surface area contributed by atoms with E-state index in [1.54, 1.807) is 31.6 Å². The third kappa shape index (κ3) is 3.12. The number of pyridine rings is 1. The summed E-state index contributed by atoms with van der Waals surface area (Å²) in [6.45, 7) is 0. The molecular weight excluding hydrogens is 180 g/mol. The molecule has 1 unspecified atom stereocenters. The van der Waals surface area contributed by atoms with Crippen LogP contribution in [0.2, 0.25) is 0 Å². The third-order valence-electron chi connectivity index (χ3n) is 1.80. The zero-order chi connectivity index (χ0) is 10.4. The fraction of sp³-hybridized carbons (Fsp3) is 0.333. The second-order valence-electron chi connectivity index (χ2n) is 2.89. The van der Waals surface area contributed by atoms with Crippen LogP contribution in [0.1, 0.15) is 18.0 Å². The van der Waals surface area contributed by atoms with E-state index in [-0.39, 0.29) is 18.4 Å². The summed E-state index contributed by atoms with van der Waals surface area (Å²) in [4.78, 5) is 15.0. The van der Waals surface area contributed by atoms with Crippen LogP contribution >= 0.6 is 0 Å². The molecule has 0 aliphatic heterocycles. The number of amides is 1. The topological polar surface area (TPSA) is 80.0 Å². The average molecular weight is 194 g/mol. The molecule has 5 heteroatoms. The minimum atomic E-state index is -0.286. The van der Waals surface area contributed by atoms with E-state index in [1.165, 1.54) is 0 Å². The summed E-state index contributed by atoms with van der Waals surface area (Å²) in [6, 6.07) is 3.32. The van der Waals surface area contributed by atoms with Crippen LogP contribution in [0, 0.1) is 0 Å². The first-order chi connectivity index (χ1) is 6.74. The van der Waals surface area contributed by atoms with Crippen LogP contribution in [-0.4, -0.2) is 17.9 Å². The molecule has 1 heterocycles. The van der Waals surface area contributed by atoms with E-state index in [2.05, 4.69) is 15.8 Å². The Labute approximate surface area is 82.7 Å². The lowest BCUT2D eigenvalue weighted by molar-refractivity contribution is -0.122. The predicted octanol–water partition coefficient (Wildman–Crippen LogP) is -0.278. The third-order valence-corrected chi connectivity index (χ3v) is 1.80. The molecule has 1 rings (SSSR count). The molecule has 0 fully saturated rings. The first-order valence-electron chi connectivity index (χ1n) is 4.35. The van der Waals surface area contributed by atoms with E-state index in [1.807, 2.05) is 0 Å². The van der Waals surface area contributed by atoms with Crippen molar-refractivity contribution in [3.05, 3.63) is 30.1 Å². The number of nitrogens with two attached hydrogens (primary N) is 1. The second kappa shape index (κ2) is 5.31. The van der Waals surface area contributed by atoms with Crippen molar-refractivity contribution < 1.29 is 4.79 Å². The number of carbonyl (C=O) groups is 1. The van der Waals surface area contributed by atoms with Gasteiger partial charge in [0.2, 0.25) is 5.91 Å². The largest absolute Gasteiger partial charge is 0.324 e. The highest BCUT2D eigenvalue weighted by atomic mass is 16.2. The molecule has 0 saturated heterocycles. The van der Waals surface area contributed by atoms with E-state index in [0.29, 0.717) is 0 Å². The van der Waals surface area contributed by atoms with Crippen LogP contribution in [0.3, 0.4) is 0 Å². The van der Waals surface area contributed by atoms with E-state index in [4.69, 9.17) is 5.73 Å². The van der Waals surface area contributed by atoms with Gasteiger partial charge in [0.25, 0.3) is 0 Å². The van der Waals surface area contributed by atoms with E-state index in [9.17, 15) is 4.79 Å². The summed E-state index contributed by atoms with van der Waals surface area (Å²) in [6.07, 6.45) is 3.57. The predicted molar refractivity (Wildman–Crippen MR) is 53.0 cm³/mol. The Kier molecular flexibility index (Phi) is 4.03. The molecule has 0 saturated carbocycles. The number of nitrogens with one attached hydrogen (secondary N) is 2. The first-order valence-corrected chi connectivity index (χ1v) is 4.35. The Hall–Kier alpha value is -1.46. The zero-order valence-corrected chi connectivity index (χ0v) is 8.03. The summed E-state index contributed by atoms with van der Waals surface area (Å²) in [5.74, 6) is -0.128. The maximum Gasteiger partial charge on any atom is 0.235 e. The fourth-order valence-corrected chi connectivity index (χ4v) is 1.12. The van der Waals surface area contributed by atoms with Gasteiger partial charge in [-0.1, -0.05) is 0 Å². The number of aromatic nitrogens is 1. The van der Waals surface area contributed by atoms with Gasteiger partial charge in [0, 0.05) is 31.9 Å². The van der Waals surface area contributed by atoms with Crippen molar-refractivity contribution in [3.63, 3.8) is 0 Å². The molecule has 4 N–H and O–H groups in total. The summed E-state index contributed by atoms with van der Waals surface area (Å²) < 4.78 is 0. The number of carbonyl (C=O) groups excluding carboxylic acids is 1. The van der Waals surface area contributed by atoms with Gasteiger partial charge in [-0.25, -0.2) is 5.43 Å². The van der Waals surface area contributed by atoms with Crippen LogP contribution in [0.5, 0.6) is 0 Å². The van der Waals surface area contributed by atoms with Gasteiger partial charge in [-0.15, -0.1) is 0 Å². The zero-order valence-electron chi connectivity index (χ0n) is 8.03. The Balaban J connectivity index is 2.50. The van der Waals surface area contributed by atoms with Gasteiger partial charge < -0.3 is 5.73 Å². The first kappa shape index (κ1) is 10.6. The van der Waals surface area contributed by atoms with Crippen molar-refractivity contribution in [1.82, 2.24) is 15.8 Å². The molecule has 0 aromatic carbocycles. The van der Waals surface area contributed by atoms with Crippen molar-refractivity contribution >= 4 is 5.91 Å². The molecule has 0 aliphatic carbocycles. The summed E-state index contributed by atoms with van der Waals surface area (Å²) in [7, 11) is 1.63. The lowest BCUT2D eigenvalue weighted by Gasteiger charge is -2.10. The molecule has 1 aromatic heterocycles. The number of nitrogens with zero attached hydrogens (tertiary/aromatic N) is 1. The quantitative estimate of drug-likeness (QED) is 0.576. The van der Waals surface area contributed by atoms with Crippen molar-refractivity contribution in [2.24, 2.45) is 5.73 Å². The molecule has 0 aliphatic rings. The Morgan fingerprint density at radius 1 is 1.57 bits per heavy atom. The highest BCUT2D eigenvalue weighted by molar-refractivity contribution is 5.76. The number of hydrogen-bond acceptors (Lipinski definition) is 4. The normalized spacial score (nSPS) is 12.1. The monoisotopic (exact) mass is 194 g/mol. The molecule has 14 heavy (non-hydrogen) atoms. The number of hydrogen-bond donors (Lipinski definition) is 3. The van der Waals surface area contributed by atoms with E-state index < -0.39 is 0 Å². The van der Waals surface area contributed by atoms with Gasteiger partial charge in [0.15, 0.2) is 0 Å². The smallest absolute Gasteiger partial charge is 0.235 e. The molecule has 76 valence electrons.